The third-order valence-corrected chi connectivity index (χ3v) is 4.48. The van der Waals surface area contributed by atoms with Crippen LogP contribution in [-0.2, 0) is 12.8 Å². The Morgan fingerprint density at radius 3 is 3.11 bits per heavy atom. The first kappa shape index (κ1) is 12.7. The molecular formula is C14H17N3OS. The summed E-state index contributed by atoms with van der Waals surface area (Å²) >= 11 is 1.82. The van der Waals surface area contributed by atoms with E-state index in [4.69, 9.17) is 4.42 Å². The summed E-state index contributed by atoms with van der Waals surface area (Å²) < 4.78 is 5.76. The quantitative estimate of drug-likeness (QED) is 0.850. The zero-order chi connectivity index (χ0) is 13.1. The summed E-state index contributed by atoms with van der Waals surface area (Å²) in [6.45, 7) is 3.94. The van der Waals surface area contributed by atoms with Gasteiger partial charge in [-0.15, -0.1) is 22.0 Å². The van der Waals surface area contributed by atoms with Crippen molar-refractivity contribution in [2.24, 2.45) is 0 Å². The molecule has 4 nitrogen and oxygen atoms in total. The van der Waals surface area contributed by atoms with Crippen molar-refractivity contribution in [1.82, 2.24) is 15.5 Å². The Balaban J connectivity index is 1.65. The lowest BCUT2D eigenvalue weighted by atomic mass is 10.1. The van der Waals surface area contributed by atoms with Gasteiger partial charge in [0.25, 0.3) is 0 Å². The number of benzene rings is 1. The smallest absolute Gasteiger partial charge is 0.230 e. The van der Waals surface area contributed by atoms with Crippen molar-refractivity contribution in [3.63, 3.8) is 0 Å². The molecule has 1 unspecified atom stereocenters. The molecule has 1 atom stereocenters. The van der Waals surface area contributed by atoms with Crippen LogP contribution in [0.4, 0.5) is 0 Å². The van der Waals surface area contributed by atoms with E-state index in [1.807, 2.05) is 11.8 Å². The topological polar surface area (TPSA) is 51.0 Å². The number of aromatic nitrogens is 2. The molecule has 0 fully saturated rings. The van der Waals surface area contributed by atoms with E-state index < -0.39 is 0 Å². The second-order valence-electron chi connectivity index (χ2n) is 4.56. The van der Waals surface area contributed by atoms with Gasteiger partial charge in [0.05, 0.1) is 5.25 Å². The molecule has 0 amide bonds. The fourth-order valence-corrected chi connectivity index (χ4v) is 3.42. The van der Waals surface area contributed by atoms with E-state index in [2.05, 4.69) is 46.7 Å². The minimum atomic E-state index is 0.276. The van der Waals surface area contributed by atoms with Crippen LogP contribution in [0.1, 0.15) is 29.5 Å². The minimum Gasteiger partial charge on any atom is -0.424 e. The maximum atomic E-state index is 5.76. The summed E-state index contributed by atoms with van der Waals surface area (Å²) in [5.74, 6) is 1.49. The van der Waals surface area contributed by atoms with E-state index in [0.717, 1.165) is 37.7 Å². The van der Waals surface area contributed by atoms with Crippen LogP contribution in [-0.4, -0.2) is 23.3 Å². The molecule has 0 saturated heterocycles. The number of hydrogen-bond acceptors (Lipinski definition) is 5. The Hall–Kier alpha value is -1.33. The summed E-state index contributed by atoms with van der Waals surface area (Å²) in [6, 6.07) is 8.48. The van der Waals surface area contributed by atoms with Gasteiger partial charge in [0, 0.05) is 17.9 Å². The van der Waals surface area contributed by atoms with Crippen molar-refractivity contribution < 1.29 is 4.42 Å². The van der Waals surface area contributed by atoms with Crippen LogP contribution in [0.25, 0.3) is 0 Å². The molecule has 1 aliphatic heterocycles. The van der Waals surface area contributed by atoms with Crippen LogP contribution in [0.3, 0.4) is 0 Å². The van der Waals surface area contributed by atoms with E-state index in [1.54, 1.807) is 0 Å². The van der Waals surface area contributed by atoms with Gasteiger partial charge in [-0.2, -0.15) is 0 Å². The third kappa shape index (κ3) is 2.82. The molecule has 1 aliphatic rings. The molecule has 19 heavy (non-hydrogen) atoms. The maximum absolute atomic E-state index is 5.76. The highest BCUT2D eigenvalue weighted by Gasteiger charge is 2.27. The zero-order valence-electron chi connectivity index (χ0n) is 10.9. The number of nitrogens with one attached hydrogen (secondary N) is 1. The van der Waals surface area contributed by atoms with Gasteiger partial charge in [0.15, 0.2) is 0 Å². The van der Waals surface area contributed by atoms with E-state index >= 15 is 0 Å². The van der Waals surface area contributed by atoms with Gasteiger partial charge in [0.2, 0.25) is 11.8 Å². The normalized spacial score (nSPS) is 17.6. The van der Waals surface area contributed by atoms with E-state index in [9.17, 15) is 0 Å². The molecule has 0 aliphatic carbocycles. The molecule has 100 valence electrons. The van der Waals surface area contributed by atoms with Crippen molar-refractivity contribution in [3.05, 3.63) is 41.6 Å². The second kappa shape index (κ2) is 5.75. The van der Waals surface area contributed by atoms with Gasteiger partial charge in [0.1, 0.15) is 0 Å². The number of rotatable bonds is 5. The fourth-order valence-electron chi connectivity index (χ4n) is 2.19. The molecule has 2 heterocycles. The summed E-state index contributed by atoms with van der Waals surface area (Å²) in [6.07, 6.45) is 1.78. The number of hydrogen-bond donors (Lipinski definition) is 1. The molecule has 1 aromatic carbocycles. The Morgan fingerprint density at radius 2 is 2.26 bits per heavy atom. The summed E-state index contributed by atoms with van der Waals surface area (Å²) in [4.78, 5) is 1.33. The largest absolute Gasteiger partial charge is 0.424 e. The molecule has 0 radical (unpaired) electrons. The van der Waals surface area contributed by atoms with Crippen molar-refractivity contribution in [1.29, 1.82) is 0 Å². The van der Waals surface area contributed by atoms with Crippen LogP contribution < -0.4 is 5.32 Å². The van der Waals surface area contributed by atoms with Crippen molar-refractivity contribution in [2.75, 3.05) is 13.1 Å². The Morgan fingerprint density at radius 1 is 1.37 bits per heavy atom. The average molecular weight is 275 g/mol. The van der Waals surface area contributed by atoms with Crippen LogP contribution in [0.15, 0.2) is 33.6 Å². The average Bonchev–Trinajstić information content (AvgIpc) is 3.04. The highest BCUT2D eigenvalue weighted by Crippen LogP contribution is 2.45. The number of fused-ring (bicyclic) bond motifs is 1. The highest BCUT2D eigenvalue weighted by atomic mass is 32.2. The van der Waals surface area contributed by atoms with Crippen LogP contribution >= 0.6 is 11.8 Å². The lowest BCUT2D eigenvalue weighted by Gasteiger charge is -2.01. The van der Waals surface area contributed by atoms with Gasteiger partial charge in [-0.05, 0) is 24.6 Å². The van der Waals surface area contributed by atoms with Gasteiger partial charge < -0.3 is 9.73 Å². The predicted molar refractivity (Wildman–Crippen MR) is 75.3 cm³/mol. The molecule has 0 spiro atoms. The first-order valence-corrected chi connectivity index (χ1v) is 7.52. The molecule has 1 aromatic heterocycles. The molecule has 0 saturated carbocycles. The first-order valence-electron chi connectivity index (χ1n) is 6.64. The van der Waals surface area contributed by atoms with Gasteiger partial charge in [-0.25, -0.2) is 0 Å². The van der Waals surface area contributed by atoms with Crippen LogP contribution in [0, 0.1) is 0 Å². The second-order valence-corrected chi connectivity index (χ2v) is 5.80. The monoisotopic (exact) mass is 275 g/mol. The number of thioether (sulfide) groups is 1. The highest BCUT2D eigenvalue weighted by molar-refractivity contribution is 7.99. The van der Waals surface area contributed by atoms with Gasteiger partial charge in [-0.3, -0.25) is 0 Å². The summed E-state index contributed by atoms with van der Waals surface area (Å²) in [5.41, 5.74) is 1.38. The van der Waals surface area contributed by atoms with Gasteiger partial charge in [-0.1, -0.05) is 25.1 Å². The summed E-state index contributed by atoms with van der Waals surface area (Å²) in [7, 11) is 0. The standard InChI is InChI=1S/C14H17N3OS/c1-2-15-8-7-13-16-17-14(18-13)12-9-10-5-3-4-6-11(10)19-12/h3-6,12,15H,2,7-9H2,1H3. The zero-order valence-corrected chi connectivity index (χ0v) is 11.7. The van der Waals surface area contributed by atoms with Crippen LogP contribution in [0.5, 0.6) is 0 Å². The predicted octanol–water partition coefficient (Wildman–Crippen LogP) is 2.61. The van der Waals surface area contributed by atoms with E-state index in [0.29, 0.717) is 0 Å². The third-order valence-electron chi connectivity index (χ3n) is 3.17. The first-order chi connectivity index (χ1) is 9.36. The van der Waals surface area contributed by atoms with Crippen molar-refractivity contribution >= 4 is 11.8 Å². The Bertz CT molecular complexity index is 530. The Labute approximate surface area is 117 Å². The van der Waals surface area contributed by atoms with Crippen molar-refractivity contribution in [3.8, 4) is 0 Å². The van der Waals surface area contributed by atoms with Crippen LogP contribution in [0.2, 0.25) is 0 Å². The molecule has 1 N–H and O–H groups in total. The number of nitrogens with zero attached hydrogens (tertiary/aromatic N) is 2. The number of likely N-dealkylation sites (N-methyl/N-ethyl adjacent to an activating group) is 1. The fraction of sp³-hybridized carbons (Fsp3) is 0.429. The molecule has 2 aromatic rings. The van der Waals surface area contributed by atoms with Gasteiger partial charge >= 0.3 is 0 Å². The minimum absolute atomic E-state index is 0.276. The maximum Gasteiger partial charge on any atom is 0.230 e. The lowest BCUT2D eigenvalue weighted by Crippen LogP contribution is -2.16. The molecule has 3 rings (SSSR count). The molecular weight excluding hydrogens is 258 g/mol. The SMILES string of the molecule is CCNCCc1nnc(C2Cc3ccccc3S2)o1. The lowest BCUT2D eigenvalue weighted by molar-refractivity contribution is 0.442. The molecule has 0 bridgehead atoms. The van der Waals surface area contributed by atoms with E-state index in [1.165, 1.54) is 10.5 Å². The summed E-state index contributed by atoms with van der Waals surface area (Å²) in [5, 5.41) is 11.9. The van der Waals surface area contributed by atoms with E-state index in [-0.39, 0.29) is 5.25 Å². The molecule has 5 heteroatoms. The Kier molecular flexibility index (Phi) is 3.84. The van der Waals surface area contributed by atoms with Crippen molar-refractivity contribution in [2.45, 2.75) is 29.9 Å².